The maximum atomic E-state index is 12.8. The highest BCUT2D eigenvalue weighted by molar-refractivity contribution is 9.10. The molecule has 12 heteroatoms. The van der Waals surface area contributed by atoms with Gasteiger partial charge in [-0.2, -0.15) is 23.4 Å². The van der Waals surface area contributed by atoms with Crippen molar-refractivity contribution in [3.05, 3.63) is 61.9 Å². The molecule has 0 unspecified atom stereocenters. The standard InChI is InChI=1S/C16H11BrCl2F3N5O/c1-26-13(16(20,21)22)5-12(24-26)15(28)23-14-9(17)7-27(25-14)6-8-2-3-10(18)11(19)4-8/h2-5,7H,6H2,1H3,(H,23,25,28). The summed E-state index contributed by atoms with van der Waals surface area (Å²) in [6.07, 6.45) is -3.00. The minimum Gasteiger partial charge on any atom is -0.303 e. The predicted octanol–water partition coefficient (Wildman–Crippen LogP) is 5.01. The van der Waals surface area contributed by atoms with E-state index in [0.29, 0.717) is 31.8 Å². The number of aryl methyl sites for hydroxylation is 1. The minimum atomic E-state index is -4.61. The van der Waals surface area contributed by atoms with Gasteiger partial charge in [-0.25, -0.2) is 0 Å². The first kappa shape index (κ1) is 20.7. The molecule has 1 aromatic carbocycles. The number of aromatic nitrogens is 4. The fraction of sp³-hybridized carbons (Fsp3) is 0.188. The van der Waals surface area contributed by atoms with E-state index in [-0.39, 0.29) is 11.5 Å². The molecule has 0 fully saturated rings. The molecule has 0 aliphatic rings. The molecule has 0 spiro atoms. The number of carbonyl (C=O) groups is 1. The lowest BCUT2D eigenvalue weighted by Crippen LogP contribution is -2.14. The van der Waals surface area contributed by atoms with Crippen LogP contribution in [0, 0.1) is 0 Å². The Kier molecular flexibility index (Phi) is 5.74. The third kappa shape index (κ3) is 4.50. The molecule has 0 radical (unpaired) electrons. The van der Waals surface area contributed by atoms with Crippen LogP contribution in [-0.2, 0) is 19.8 Å². The predicted molar refractivity (Wildman–Crippen MR) is 102 cm³/mol. The van der Waals surface area contributed by atoms with Crippen LogP contribution in [0.1, 0.15) is 21.7 Å². The molecule has 3 rings (SSSR count). The molecule has 0 aliphatic carbocycles. The monoisotopic (exact) mass is 495 g/mol. The molecule has 0 bridgehead atoms. The zero-order valence-corrected chi connectivity index (χ0v) is 17.2. The molecular weight excluding hydrogens is 486 g/mol. The zero-order chi connectivity index (χ0) is 20.6. The van der Waals surface area contributed by atoms with Crippen LogP contribution in [0.15, 0.2) is 34.9 Å². The van der Waals surface area contributed by atoms with Gasteiger partial charge in [0.1, 0.15) is 5.69 Å². The summed E-state index contributed by atoms with van der Waals surface area (Å²) >= 11 is 15.1. The van der Waals surface area contributed by atoms with Crippen molar-refractivity contribution in [2.75, 3.05) is 5.32 Å². The van der Waals surface area contributed by atoms with Crippen LogP contribution < -0.4 is 5.32 Å². The summed E-state index contributed by atoms with van der Waals surface area (Å²) in [4.78, 5) is 12.3. The first-order chi connectivity index (χ1) is 13.0. The van der Waals surface area contributed by atoms with Crippen LogP contribution in [0.25, 0.3) is 0 Å². The average Bonchev–Trinajstić information content (AvgIpc) is 3.14. The number of alkyl halides is 3. The van der Waals surface area contributed by atoms with Gasteiger partial charge in [0.15, 0.2) is 11.5 Å². The van der Waals surface area contributed by atoms with Crippen LogP contribution in [0.2, 0.25) is 10.0 Å². The number of hydrogen-bond acceptors (Lipinski definition) is 3. The second-order valence-electron chi connectivity index (χ2n) is 5.76. The Morgan fingerprint density at radius 3 is 2.54 bits per heavy atom. The number of nitrogens with one attached hydrogen (secondary N) is 1. The summed E-state index contributed by atoms with van der Waals surface area (Å²) in [5, 5.41) is 11.1. The largest absolute Gasteiger partial charge is 0.433 e. The van der Waals surface area contributed by atoms with E-state index in [2.05, 4.69) is 31.4 Å². The molecule has 3 aromatic rings. The van der Waals surface area contributed by atoms with Crippen molar-refractivity contribution < 1.29 is 18.0 Å². The van der Waals surface area contributed by atoms with Gasteiger partial charge in [-0.1, -0.05) is 29.3 Å². The summed E-state index contributed by atoms with van der Waals surface area (Å²) in [6, 6.07) is 5.79. The van der Waals surface area contributed by atoms with Crippen LogP contribution in [-0.4, -0.2) is 25.5 Å². The van der Waals surface area contributed by atoms with Gasteiger partial charge in [-0.3, -0.25) is 14.2 Å². The van der Waals surface area contributed by atoms with Gasteiger partial charge in [0.2, 0.25) is 0 Å². The molecule has 28 heavy (non-hydrogen) atoms. The van der Waals surface area contributed by atoms with E-state index in [1.807, 2.05) is 0 Å². The molecular formula is C16H11BrCl2F3N5O. The third-order valence-corrected chi connectivity index (χ3v) is 5.00. The number of nitrogens with zero attached hydrogens (tertiary/aromatic N) is 4. The van der Waals surface area contributed by atoms with E-state index in [4.69, 9.17) is 23.2 Å². The van der Waals surface area contributed by atoms with Gasteiger partial charge in [0.25, 0.3) is 5.91 Å². The lowest BCUT2D eigenvalue weighted by Gasteiger charge is -2.04. The van der Waals surface area contributed by atoms with E-state index >= 15 is 0 Å². The Bertz CT molecular complexity index is 1050. The number of anilines is 1. The molecule has 0 saturated carbocycles. The Labute approximate surface area is 175 Å². The van der Waals surface area contributed by atoms with E-state index < -0.39 is 17.8 Å². The number of hydrogen-bond donors (Lipinski definition) is 1. The van der Waals surface area contributed by atoms with Gasteiger partial charge in [0.05, 0.1) is 21.1 Å². The third-order valence-electron chi connectivity index (χ3n) is 3.68. The molecule has 0 saturated heterocycles. The van der Waals surface area contributed by atoms with E-state index in [1.54, 1.807) is 24.4 Å². The van der Waals surface area contributed by atoms with Crippen molar-refractivity contribution in [3.8, 4) is 0 Å². The van der Waals surface area contributed by atoms with Crippen molar-refractivity contribution in [1.29, 1.82) is 0 Å². The van der Waals surface area contributed by atoms with Crippen molar-refractivity contribution in [2.24, 2.45) is 7.05 Å². The van der Waals surface area contributed by atoms with E-state index in [9.17, 15) is 18.0 Å². The Morgan fingerprint density at radius 1 is 1.21 bits per heavy atom. The smallest absolute Gasteiger partial charge is 0.303 e. The number of halogens is 6. The van der Waals surface area contributed by atoms with Crippen molar-refractivity contribution in [1.82, 2.24) is 19.6 Å². The van der Waals surface area contributed by atoms with E-state index in [0.717, 1.165) is 12.6 Å². The number of rotatable bonds is 4. The minimum absolute atomic E-state index is 0.143. The van der Waals surface area contributed by atoms with Gasteiger partial charge in [-0.05, 0) is 33.6 Å². The van der Waals surface area contributed by atoms with Gasteiger partial charge in [-0.15, -0.1) is 0 Å². The van der Waals surface area contributed by atoms with Crippen molar-refractivity contribution in [3.63, 3.8) is 0 Å². The van der Waals surface area contributed by atoms with Crippen molar-refractivity contribution >= 4 is 50.9 Å². The summed E-state index contributed by atoms with van der Waals surface area (Å²) in [5.74, 6) is -0.671. The normalized spacial score (nSPS) is 11.7. The highest BCUT2D eigenvalue weighted by Gasteiger charge is 2.35. The maximum Gasteiger partial charge on any atom is 0.433 e. The van der Waals surface area contributed by atoms with Crippen LogP contribution in [0.5, 0.6) is 0 Å². The summed E-state index contributed by atoms with van der Waals surface area (Å²) in [7, 11) is 1.11. The Balaban J connectivity index is 1.76. The molecule has 0 aliphatic heterocycles. The van der Waals surface area contributed by atoms with E-state index in [1.165, 1.54) is 4.68 Å². The molecule has 2 heterocycles. The molecule has 1 amide bonds. The fourth-order valence-electron chi connectivity index (χ4n) is 2.40. The second-order valence-corrected chi connectivity index (χ2v) is 7.43. The topological polar surface area (TPSA) is 64.7 Å². The first-order valence-corrected chi connectivity index (χ1v) is 9.19. The second kappa shape index (κ2) is 7.76. The summed E-state index contributed by atoms with van der Waals surface area (Å²) in [6.45, 7) is 0.340. The molecule has 0 atom stereocenters. The Morgan fingerprint density at radius 2 is 1.93 bits per heavy atom. The fourth-order valence-corrected chi connectivity index (χ4v) is 3.14. The molecule has 148 valence electrons. The molecule has 1 N–H and O–H groups in total. The number of amides is 1. The molecule has 6 nitrogen and oxygen atoms in total. The summed E-state index contributed by atoms with van der Waals surface area (Å²) in [5.41, 5.74) is -0.579. The zero-order valence-electron chi connectivity index (χ0n) is 14.1. The quantitative estimate of drug-likeness (QED) is 0.552. The number of carbonyl (C=O) groups excluding carboxylic acids is 1. The average molecular weight is 497 g/mol. The lowest BCUT2D eigenvalue weighted by molar-refractivity contribution is -0.143. The van der Waals surface area contributed by atoms with Crippen molar-refractivity contribution in [2.45, 2.75) is 12.7 Å². The van der Waals surface area contributed by atoms with Crippen LogP contribution in [0.4, 0.5) is 19.0 Å². The highest BCUT2D eigenvalue weighted by atomic mass is 79.9. The SMILES string of the molecule is Cn1nc(C(=O)Nc2nn(Cc3ccc(Cl)c(Cl)c3)cc2Br)cc1C(F)(F)F. The number of benzene rings is 1. The Hall–Kier alpha value is -2.04. The van der Waals surface area contributed by atoms with Gasteiger partial charge >= 0.3 is 6.18 Å². The lowest BCUT2D eigenvalue weighted by atomic mass is 10.2. The van der Waals surface area contributed by atoms with Gasteiger partial charge < -0.3 is 5.32 Å². The van der Waals surface area contributed by atoms with Gasteiger partial charge in [0, 0.05) is 19.3 Å². The van der Waals surface area contributed by atoms with Crippen LogP contribution in [0.3, 0.4) is 0 Å². The maximum absolute atomic E-state index is 12.8. The van der Waals surface area contributed by atoms with Crippen LogP contribution >= 0.6 is 39.1 Å². The molecule has 2 aromatic heterocycles. The highest BCUT2D eigenvalue weighted by Crippen LogP contribution is 2.30. The summed E-state index contributed by atoms with van der Waals surface area (Å²) < 4.78 is 41.1. The first-order valence-electron chi connectivity index (χ1n) is 7.64.